The van der Waals surface area contributed by atoms with Gasteiger partial charge in [-0.2, -0.15) is 0 Å². The van der Waals surface area contributed by atoms with E-state index < -0.39 is 5.91 Å². The van der Waals surface area contributed by atoms with Crippen LogP contribution in [-0.4, -0.2) is 22.4 Å². The third kappa shape index (κ3) is 4.38. The van der Waals surface area contributed by atoms with Crippen molar-refractivity contribution in [3.63, 3.8) is 0 Å². The number of thiophene rings is 1. The number of nitrogens with zero attached hydrogens (tertiary/aromatic N) is 2. The van der Waals surface area contributed by atoms with E-state index in [1.54, 1.807) is 12.1 Å². The fraction of sp³-hybridized carbons (Fsp3) is 0.136. The van der Waals surface area contributed by atoms with Crippen LogP contribution in [0.1, 0.15) is 12.2 Å². The van der Waals surface area contributed by atoms with Crippen molar-refractivity contribution in [2.45, 2.75) is 13.0 Å². The summed E-state index contributed by atoms with van der Waals surface area (Å²) in [5.74, 6) is -0.332. The third-order valence-corrected chi connectivity index (χ3v) is 5.75. The maximum atomic E-state index is 13.3. The molecule has 0 radical (unpaired) electrons. The van der Waals surface area contributed by atoms with Crippen molar-refractivity contribution in [3.05, 3.63) is 82.7 Å². The number of nitrogens with one attached hydrogen (secondary N) is 1. The number of halogens is 1. The molecule has 4 rings (SSSR count). The lowest BCUT2D eigenvalue weighted by molar-refractivity contribution is -0.117. The van der Waals surface area contributed by atoms with Gasteiger partial charge < -0.3 is 15.6 Å². The van der Waals surface area contributed by atoms with Gasteiger partial charge in [0.15, 0.2) is 0 Å². The largest absolute Gasteiger partial charge is 0.370 e. The Morgan fingerprint density at radius 1 is 1.13 bits per heavy atom. The molecule has 6 nitrogen and oxygen atoms in total. The molecule has 2 aromatic heterocycles. The predicted molar refractivity (Wildman–Crippen MR) is 117 cm³/mol. The Balaban J connectivity index is 1.67. The van der Waals surface area contributed by atoms with Crippen molar-refractivity contribution < 1.29 is 9.18 Å². The second-order valence-electron chi connectivity index (χ2n) is 6.82. The Hall–Kier alpha value is -3.52. The first-order chi connectivity index (χ1) is 14.5. The molecule has 0 aliphatic rings. The van der Waals surface area contributed by atoms with Crippen LogP contribution < -0.4 is 16.2 Å². The molecule has 0 unspecified atom stereocenters. The second-order valence-corrected chi connectivity index (χ2v) is 7.85. The van der Waals surface area contributed by atoms with Gasteiger partial charge in [-0.3, -0.25) is 9.59 Å². The molecule has 0 bridgehead atoms. The standard InChI is InChI=1S/C22H19FN4O2S/c23-15-6-8-16(9-7-15)27(11-10-19(24)28)13-20-25-21(29)17-12-18(30-22(17)26-20)14-4-2-1-3-5-14/h1-9,12H,10-11,13H2,(H2,24,28)(H,25,26,29). The molecule has 1 amide bonds. The summed E-state index contributed by atoms with van der Waals surface area (Å²) in [7, 11) is 0. The van der Waals surface area contributed by atoms with Crippen LogP contribution in [0.5, 0.6) is 0 Å². The Bertz CT molecular complexity index is 1240. The van der Waals surface area contributed by atoms with Gasteiger partial charge in [-0.25, -0.2) is 9.37 Å². The van der Waals surface area contributed by atoms with Gasteiger partial charge in [0, 0.05) is 23.5 Å². The van der Waals surface area contributed by atoms with Crippen molar-refractivity contribution >= 4 is 33.1 Å². The normalized spacial score (nSPS) is 11.0. The van der Waals surface area contributed by atoms with Crippen LogP contribution >= 0.6 is 11.3 Å². The van der Waals surface area contributed by atoms with Gasteiger partial charge >= 0.3 is 0 Å². The molecule has 152 valence electrons. The highest BCUT2D eigenvalue weighted by Crippen LogP contribution is 2.30. The van der Waals surface area contributed by atoms with E-state index in [-0.39, 0.29) is 24.3 Å². The summed E-state index contributed by atoms with van der Waals surface area (Å²) in [4.78, 5) is 34.8. The first-order valence-electron chi connectivity index (χ1n) is 9.36. The molecule has 30 heavy (non-hydrogen) atoms. The summed E-state index contributed by atoms with van der Waals surface area (Å²) in [6, 6.07) is 17.6. The molecule has 2 heterocycles. The predicted octanol–water partition coefficient (Wildman–Crippen LogP) is 3.67. The summed E-state index contributed by atoms with van der Waals surface area (Å²) in [5.41, 5.74) is 6.80. The molecule has 2 aromatic carbocycles. The number of carbonyl (C=O) groups excluding carboxylic acids is 1. The van der Waals surface area contributed by atoms with Crippen LogP contribution in [0.25, 0.3) is 20.7 Å². The molecule has 3 N–H and O–H groups in total. The highest BCUT2D eigenvalue weighted by Gasteiger charge is 2.14. The third-order valence-electron chi connectivity index (χ3n) is 4.67. The lowest BCUT2D eigenvalue weighted by Gasteiger charge is -2.23. The number of primary amides is 1. The number of hydrogen-bond donors (Lipinski definition) is 2. The van der Waals surface area contributed by atoms with Crippen LogP contribution in [-0.2, 0) is 11.3 Å². The molecule has 0 fully saturated rings. The quantitative estimate of drug-likeness (QED) is 0.475. The summed E-state index contributed by atoms with van der Waals surface area (Å²) >= 11 is 1.45. The van der Waals surface area contributed by atoms with Crippen molar-refractivity contribution in [2.75, 3.05) is 11.4 Å². The minimum absolute atomic E-state index is 0.126. The molecule has 0 saturated heterocycles. The molecular formula is C22H19FN4O2S. The molecule has 8 heteroatoms. The maximum absolute atomic E-state index is 13.3. The molecule has 0 atom stereocenters. The van der Waals surface area contributed by atoms with E-state index >= 15 is 0 Å². The Morgan fingerprint density at radius 3 is 2.57 bits per heavy atom. The lowest BCUT2D eigenvalue weighted by atomic mass is 10.2. The van der Waals surface area contributed by atoms with E-state index in [1.807, 2.05) is 41.3 Å². The van der Waals surface area contributed by atoms with Crippen LogP contribution in [0.2, 0.25) is 0 Å². The van der Waals surface area contributed by atoms with E-state index in [0.29, 0.717) is 28.3 Å². The SMILES string of the molecule is NC(=O)CCN(Cc1nc2sc(-c3ccccc3)cc2c(=O)[nH]1)c1ccc(F)cc1. The Kier molecular flexibility index (Phi) is 5.58. The van der Waals surface area contributed by atoms with Crippen LogP contribution in [0.3, 0.4) is 0 Å². The van der Waals surface area contributed by atoms with Gasteiger partial charge in [-0.15, -0.1) is 11.3 Å². The number of anilines is 1. The lowest BCUT2D eigenvalue weighted by Crippen LogP contribution is -2.29. The van der Waals surface area contributed by atoms with Crippen LogP contribution in [0, 0.1) is 5.82 Å². The first-order valence-corrected chi connectivity index (χ1v) is 10.2. The number of aromatic nitrogens is 2. The maximum Gasteiger partial charge on any atom is 0.259 e. The van der Waals surface area contributed by atoms with Gasteiger partial charge in [-0.05, 0) is 35.9 Å². The van der Waals surface area contributed by atoms with Crippen LogP contribution in [0.4, 0.5) is 10.1 Å². The number of carbonyl (C=O) groups is 1. The van der Waals surface area contributed by atoms with Gasteiger partial charge in [0.25, 0.3) is 5.56 Å². The van der Waals surface area contributed by atoms with E-state index in [0.717, 1.165) is 10.4 Å². The van der Waals surface area contributed by atoms with Gasteiger partial charge in [0.1, 0.15) is 16.5 Å². The number of H-pyrrole nitrogens is 1. The zero-order chi connectivity index (χ0) is 21.1. The van der Waals surface area contributed by atoms with E-state index in [9.17, 15) is 14.0 Å². The molecule has 0 aliphatic carbocycles. The fourth-order valence-electron chi connectivity index (χ4n) is 3.17. The molecule has 0 spiro atoms. The first kappa shape index (κ1) is 19.8. The molecule has 0 saturated carbocycles. The Labute approximate surface area is 175 Å². The highest BCUT2D eigenvalue weighted by atomic mass is 32.1. The van der Waals surface area contributed by atoms with E-state index in [1.165, 1.54) is 23.5 Å². The summed E-state index contributed by atoms with van der Waals surface area (Å²) < 4.78 is 13.3. The zero-order valence-corrected chi connectivity index (χ0v) is 16.8. The number of benzene rings is 2. The average molecular weight is 422 g/mol. The van der Waals surface area contributed by atoms with Crippen molar-refractivity contribution in [1.29, 1.82) is 0 Å². The zero-order valence-electron chi connectivity index (χ0n) is 16.0. The van der Waals surface area contributed by atoms with Gasteiger partial charge in [0.2, 0.25) is 5.91 Å². The Morgan fingerprint density at radius 2 is 1.87 bits per heavy atom. The number of amides is 1. The molecule has 4 aromatic rings. The second kappa shape index (κ2) is 8.46. The summed E-state index contributed by atoms with van der Waals surface area (Å²) in [6.45, 7) is 0.574. The van der Waals surface area contributed by atoms with Crippen LogP contribution in [0.15, 0.2) is 65.5 Å². The highest BCUT2D eigenvalue weighted by molar-refractivity contribution is 7.21. The summed E-state index contributed by atoms with van der Waals surface area (Å²) in [5, 5.41) is 0.535. The van der Waals surface area contributed by atoms with Gasteiger partial charge in [0.05, 0.1) is 11.9 Å². The number of rotatable bonds is 7. The molecule has 0 aliphatic heterocycles. The average Bonchev–Trinajstić information content (AvgIpc) is 3.17. The van der Waals surface area contributed by atoms with Crippen molar-refractivity contribution in [2.24, 2.45) is 5.73 Å². The number of fused-ring (bicyclic) bond motifs is 1. The van der Waals surface area contributed by atoms with Crippen molar-refractivity contribution in [1.82, 2.24) is 9.97 Å². The number of aromatic amines is 1. The summed E-state index contributed by atoms with van der Waals surface area (Å²) in [6.07, 6.45) is 0.126. The molecular weight excluding hydrogens is 403 g/mol. The van der Waals surface area contributed by atoms with Crippen molar-refractivity contribution in [3.8, 4) is 10.4 Å². The number of nitrogens with two attached hydrogens (primary N) is 1. The van der Waals surface area contributed by atoms with Gasteiger partial charge in [-0.1, -0.05) is 30.3 Å². The minimum atomic E-state index is -0.440. The fourth-order valence-corrected chi connectivity index (χ4v) is 4.23. The van der Waals surface area contributed by atoms with E-state index in [4.69, 9.17) is 5.73 Å². The topological polar surface area (TPSA) is 92.1 Å². The smallest absolute Gasteiger partial charge is 0.259 e. The monoisotopic (exact) mass is 422 g/mol. The minimum Gasteiger partial charge on any atom is -0.370 e. The number of hydrogen-bond acceptors (Lipinski definition) is 5. The van der Waals surface area contributed by atoms with E-state index in [2.05, 4.69) is 9.97 Å².